The zero-order valence-corrected chi connectivity index (χ0v) is 16.0. The lowest BCUT2D eigenvalue weighted by molar-refractivity contribution is 1.01. The first kappa shape index (κ1) is 18.4. The van der Waals surface area contributed by atoms with Crippen LogP contribution in [0.4, 0.5) is 5.69 Å². The highest BCUT2D eigenvalue weighted by Gasteiger charge is 2.10. The zero-order valence-electron chi connectivity index (χ0n) is 16.0. The molecule has 2 rings (SSSR count). The Morgan fingerprint density at radius 1 is 0.708 bits per heavy atom. The van der Waals surface area contributed by atoms with E-state index in [0.717, 1.165) is 37.8 Å². The van der Waals surface area contributed by atoms with Gasteiger partial charge in [-0.1, -0.05) is 52.0 Å². The first-order chi connectivity index (χ1) is 11.6. The number of hydrogen-bond acceptors (Lipinski definition) is 1. The Kier molecular flexibility index (Phi) is 6.36. The van der Waals surface area contributed by atoms with Gasteiger partial charge in [0.25, 0.3) is 0 Å². The van der Waals surface area contributed by atoms with Gasteiger partial charge in [0, 0.05) is 0 Å². The number of rotatable bonds is 7. The van der Waals surface area contributed by atoms with Crippen LogP contribution in [0.25, 0.3) is 0 Å². The predicted molar refractivity (Wildman–Crippen MR) is 107 cm³/mol. The van der Waals surface area contributed by atoms with Crippen molar-refractivity contribution in [1.82, 2.24) is 0 Å². The number of aryl methyl sites for hydroxylation is 4. The molecule has 0 fully saturated rings. The van der Waals surface area contributed by atoms with Gasteiger partial charge in [-0.25, -0.2) is 0 Å². The number of benzene rings is 2. The van der Waals surface area contributed by atoms with Gasteiger partial charge in [-0.2, -0.15) is 0 Å². The van der Waals surface area contributed by atoms with Crippen LogP contribution in [0.15, 0.2) is 29.3 Å². The number of hydrogen-bond donors (Lipinski definition) is 0. The summed E-state index contributed by atoms with van der Waals surface area (Å²) >= 11 is 0. The second-order valence-corrected chi connectivity index (χ2v) is 6.55. The second kappa shape index (κ2) is 8.28. The lowest BCUT2D eigenvalue weighted by atomic mass is 9.91. The fourth-order valence-corrected chi connectivity index (χ4v) is 3.66. The SMILES string of the molecule is C=Nc1c(CC)cc(Cc2cc(CC)c(C)c(CC)c2)cc1CC. The molecule has 24 heavy (non-hydrogen) atoms. The summed E-state index contributed by atoms with van der Waals surface area (Å²) in [7, 11) is 0. The highest BCUT2D eigenvalue weighted by atomic mass is 14.7. The van der Waals surface area contributed by atoms with E-state index in [1.807, 2.05) is 0 Å². The first-order valence-electron chi connectivity index (χ1n) is 9.30. The Balaban J connectivity index is 2.46. The van der Waals surface area contributed by atoms with Gasteiger partial charge in [0.1, 0.15) is 0 Å². The molecule has 1 nitrogen and oxygen atoms in total. The Bertz CT molecular complexity index is 675. The van der Waals surface area contributed by atoms with Crippen LogP contribution in [0.2, 0.25) is 0 Å². The van der Waals surface area contributed by atoms with Crippen molar-refractivity contribution >= 4 is 12.4 Å². The summed E-state index contributed by atoms with van der Waals surface area (Å²) < 4.78 is 0. The molecule has 0 aromatic heterocycles. The van der Waals surface area contributed by atoms with Crippen molar-refractivity contribution in [1.29, 1.82) is 0 Å². The number of nitrogens with zero attached hydrogens (tertiary/aromatic N) is 1. The van der Waals surface area contributed by atoms with Crippen molar-refractivity contribution in [3.05, 3.63) is 63.2 Å². The smallest absolute Gasteiger partial charge is 0.0686 e. The van der Waals surface area contributed by atoms with Gasteiger partial charge in [-0.15, -0.1) is 0 Å². The Labute approximate surface area is 147 Å². The van der Waals surface area contributed by atoms with Crippen LogP contribution in [0.1, 0.15) is 66.6 Å². The van der Waals surface area contributed by atoms with Gasteiger partial charge in [0.2, 0.25) is 0 Å². The lowest BCUT2D eigenvalue weighted by Crippen LogP contribution is -2.00. The van der Waals surface area contributed by atoms with E-state index in [2.05, 4.69) is 70.6 Å². The summed E-state index contributed by atoms with van der Waals surface area (Å²) in [6, 6.07) is 9.43. The molecule has 0 aliphatic carbocycles. The minimum Gasteiger partial charge on any atom is -0.264 e. The van der Waals surface area contributed by atoms with Crippen LogP contribution < -0.4 is 0 Å². The highest BCUT2D eigenvalue weighted by Crippen LogP contribution is 2.29. The highest BCUT2D eigenvalue weighted by molar-refractivity contribution is 5.59. The van der Waals surface area contributed by atoms with Crippen LogP contribution in [-0.2, 0) is 32.1 Å². The van der Waals surface area contributed by atoms with Crippen molar-refractivity contribution in [2.75, 3.05) is 0 Å². The molecule has 0 spiro atoms. The third-order valence-electron chi connectivity index (χ3n) is 5.10. The van der Waals surface area contributed by atoms with Crippen molar-refractivity contribution in [3.8, 4) is 0 Å². The monoisotopic (exact) mass is 321 g/mol. The molecule has 0 radical (unpaired) electrons. The van der Waals surface area contributed by atoms with Gasteiger partial charge in [0.15, 0.2) is 0 Å². The fourth-order valence-electron chi connectivity index (χ4n) is 3.66. The topological polar surface area (TPSA) is 12.4 Å². The van der Waals surface area contributed by atoms with Gasteiger partial charge in [0.05, 0.1) is 5.69 Å². The quantitative estimate of drug-likeness (QED) is 0.541. The van der Waals surface area contributed by atoms with E-state index in [1.165, 1.54) is 38.9 Å². The summed E-state index contributed by atoms with van der Waals surface area (Å²) in [6.07, 6.45) is 5.21. The Hall–Kier alpha value is -1.89. The summed E-state index contributed by atoms with van der Waals surface area (Å²) in [4.78, 5) is 4.28. The minimum absolute atomic E-state index is 0.998. The second-order valence-electron chi connectivity index (χ2n) is 6.55. The first-order valence-corrected chi connectivity index (χ1v) is 9.30. The van der Waals surface area contributed by atoms with Crippen LogP contribution >= 0.6 is 0 Å². The van der Waals surface area contributed by atoms with E-state index in [9.17, 15) is 0 Å². The normalized spacial score (nSPS) is 10.9. The molecule has 0 bridgehead atoms. The van der Waals surface area contributed by atoms with E-state index in [-0.39, 0.29) is 0 Å². The van der Waals surface area contributed by atoms with E-state index in [4.69, 9.17) is 0 Å². The molecular formula is C23H31N. The molecule has 0 saturated carbocycles. The fraction of sp³-hybridized carbons (Fsp3) is 0.435. The van der Waals surface area contributed by atoms with E-state index in [1.54, 1.807) is 0 Å². The largest absolute Gasteiger partial charge is 0.264 e. The lowest BCUT2D eigenvalue weighted by Gasteiger charge is -2.15. The minimum atomic E-state index is 0.998. The molecule has 0 amide bonds. The maximum atomic E-state index is 4.28. The third kappa shape index (κ3) is 3.77. The molecule has 0 saturated heterocycles. The number of aliphatic imine (C=N–C) groups is 1. The van der Waals surface area contributed by atoms with Crippen molar-refractivity contribution < 1.29 is 0 Å². The van der Waals surface area contributed by atoms with Crippen LogP contribution in [0, 0.1) is 6.92 Å². The van der Waals surface area contributed by atoms with E-state index in [0.29, 0.717) is 0 Å². The average Bonchev–Trinajstić information content (AvgIpc) is 2.61. The van der Waals surface area contributed by atoms with E-state index < -0.39 is 0 Å². The van der Waals surface area contributed by atoms with Crippen LogP contribution in [0.5, 0.6) is 0 Å². The average molecular weight is 322 g/mol. The Morgan fingerprint density at radius 3 is 1.42 bits per heavy atom. The van der Waals surface area contributed by atoms with Gasteiger partial charge < -0.3 is 0 Å². The maximum Gasteiger partial charge on any atom is 0.0686 e. The maximum absolute atomic E-state index is 4.28. The predicted octanol–water partition coefficient (Wildman–Crippen LogP) is 6.17. The molecule has 0 N–H and O–H groups in total. The van der Waals surface area contributed by atoms with Crippen LogP contribution in [0.3, 0.4) is 0 Å². The molecule has 2 aromatic carbocycles. The Morgan fingerprint density at radius 2 is 1.08 bits per heavy atom. The summed E-state index contributed by atoms with van der Waals surface area (Å²) in [5.41, 5.74) is 11.0. The molecule has 1 heteroatoms. The zero-order chi connectivity index (χ0) is 17.7. The molecular weight excluding hydrogens is 290 g/mol. The molecule has 128 valence electrons. The van der Waals surface area contributed by atoms with Gasteiger partial charge >= 0.3 is 0 Å². The third-order valence-corrected chi connectivity index (χ3v) is 5.10. The van der Waals surface area contributed by atoms with Crippen molar-refractivity contribution in [3.63, 3.8) is 0 Å². The summed E-state index contributed by atoms with van der Waals surface area (Å²) in [5, 5.41) is 0. The molecule has 0 heterocycles. The van der Waals surface area contributed by atoms with Crippen molar-refractivity contribution in [2.24, 2.45) is 4.99 Å². The summed E-state index contributed by atoms with van der Waals surface area (Å²) in [6.45, 7) is 14.9. The molecule has 0 aliphatic heterocycles. The van der Waals surface area contributed by atoms with Crippen LogP contribution in [-0.4, -0.2) is 6.72 Å². The molecule has 0 unspecified atom stereocenters. The van der Waals surface area contributed by atoms with E-state index >= 15 is 0 Å². The molecule has 2 aromatic rings. The van der Waals surface area contributed by atoms with Crippen molar-refractivity contribution in [2.45, 2.75) is 66.7 Å². The molecule has 0 atom stereocenters. The van der Waals surface area contributed by atoms with Gasteiger partial charge in [-0.3, -0.25) is 4.99 Å². The van der Waals surface area contributed by atoms with Gasteiger partial charge in [-0.05, 0) is 84.7 Å². The summed E-state index contributed by atoms with van der Waals surface area (Å²) in [5.74, 6) is 0. The molecule has 0 aliphatic rings. The standard InChI is InChI=1S/C23H31N/c1-7-19-12-17(13-20(8-2)16(19)5)11-18-14-21(9-3)23(24-6)22(10-4)15-18/h12-15H,6-11H2,1-5H3.